The van der Waals surface area contributed by atoms with Crippen molar-refractivity contribution in [2.45, 2.75) is 62.9 Å². The first-order chi connectivity index (χ1) is 15.7. The third-order valence-corrected chi connectivity index (χ3v) is 8.90. The second-order valence-electron chi connectivity index (χ2n) is 8.87. The molecule has 2 aromatic rings. The number of likely N-dealkylation sites (tertiary alicyclic amines) is 1. The monoisotopic (exact) mass is 495 g/mol. The normalized spacial score (nSPS) is 20.2. The summed E-state index contributed by atoms with van der Waals surface area (Å²) in [5.74, 6) is 0.383. The minimum absolute atomic E-state index is 0.0314. The van der Waals surface area contributed by atoms with Crippen molar-refractivity contribution >= 4 is 38.1 Å². The maximum atomic E-state index is 14.5. The highest BCUT2D eigenvalue weighted by Crippen LogP contribution is 2.29. The largest absolute Gasteiger partial charge is 0.371 e. The van der Waals surface area contributed by atoms with Gasteiger partial charge in [-0.2, -0.15) is 4.37 Å². The smallest absolute Gasteiger partial charge is 0.245 e. The lowest BCUT2D eigenvalue weighted by Crippen LogP contribution is -2.47. The van der Waals surface area contributed by atoms with Crippen molar-refractivity contribution in [2.75, 3.05) is 35.6 Å². The molecule has 2 aliphatic rings. The van der Waals surface area contributed by atoms with Crippen molar-refractivity contribution < 1.29 is 17.6 Å². The topological polar surface area (TPSA) is 95.5 Å². The molecule has 33 heavy (non-hydrogen) atoms. The van der Waals surface area contributed by atoms with Crippen molar-refractivity contribution in [1.82, 2.24) is 14.3 Å². The van der Waals surface area contributed by atoms with Crippen LogP contribution in [0.4, 0.5) is 15.2 Å². The minimum Gasteiger partial charge on any atom is -0.371 e. The van der Waals surface area contributed by atoms with Crippen LogP contribution < -0.4 is 10.2 Å². The highest BCUT2D eigenvalue weighted by molar-refractivity contribution is 7.91. The highest BCUT2D eigenvalue weighted by atomic mass is 32.2. The fourth-order valence-electron chi connectivity index (χ4n) is 4.32. The molecule has 0 saturated carbocycles. The lowest BCUT2D eigenvalue weighted by Gasteiger charge is -2.36. The lowest BCUT2D eigenvalue weighted by molar-refractivity contribution is -0.130. The number of sulfone groups is 1. The number of nitrogens with zero attached hydrogens (tertiary/aromatic N) is 4. The Kier molecular flexibility index (Phi) is 6.90. The van der Waals surface area contributed by atoms with Gasteiger partial charge in [0.15, 0.2) is 9.84 Å². The van der Waals surface area contributed by atoms with Gasteiger partial charge in [-0.25, -0.2) is 17.8 Å². The molecule has 1 amide bonds. The predicted octanol–water partition coefficient (Wildman–Crippen LogP) is 3.28. The van der Waals surface area contributed by atoms with Crippen LogP contribution in [-0.4, -0.2) is 66.1 Å². The molecule has 8 nitrogen and oxygen atoms in total. The molecule has 0 aliphatic carbocycles. The summed E-state index contributed by atoms with van der Waals surface area (Å²) in [5.41, 5.74) is 0.150. The number of halogens is 1. The summed E-state index contributed by atoms with van der Waals surface area (Å²) in [4.78, 5) is 21.8. The van der Waals surface area contributed by atoms with E-state index < -0.39 is 21.7 Å². The average Bonchev–Trinajstić information content (AvgIpc) is 3.43. The van der Waals surface area contributed by atoms with Crippen LogP contribution in [-0.2, 0) is 14.6 Å². The van der Waals surface area contributed by atoms with E-state index in [0.717, 1.165) is 43.0 Å². The van der Waals surface area contributed by atoms with E-state index in [0.29, 0.717) is 18.9 Å². The fourth-order valence-corrected chi connectivity index (χ4v) is 6.07. The molecule has 1 unspecified atom stereocenters. The molecule has 2 fully saturated rings. The van der Waals surface area contributed by atoms with Crippen LogP contribution in [0, 0.1) is 5.82 Å². The molecule has 3 heterocycles. The Hall–Kier alpha value is -2.27. The van der Waals surface area contributed by atoms with E-state index in [9.17, 15) is 17.6 Å². The molecule has 1 aromatic heterocycles. The molecule has 1 aromatic carbocycles. The average molecular weight is 496 g/mol. The summed E-state index contributed by atoms with van der Waals surface area (Å²) in [5, 5.41) is 3.92. The molecule has 180 valence electrons. The van der Waals surface area contributed by atoms with Crippen LogP contribution in [0.25, 0.3) is 0 Å². The number of hydrogen-bond acceptors (Lipinski definition) is 8. The second-order valence-corrected chi connectivity index (χ2v) is 11.9. The van der Waals surface area contributed by atoms with Gasteiger partial charge in [0.25, 0.3) is 0 Å². The van der Waals surface area contributed by atoms with Crippen LogP contribution in [0.2, 0.25) is 0 Å². The summed E-state index contributed by atoms with van der Waals surface area (Å²) < 4.78 is 42.9. The number of benzene rings is 1. The summed E-state index contributed by atoms with van der Waals surface area (Å²) >= 11 is 1.43. The Labute approximate surface area is 198 Å². The highest BCUT2D eigenvalue weighted by Gasteiger charge is 2.37. The van der Waals surface area contributed by atoms with Gasteiger partial charge in [0, 0.05) is 43.1 Å². The first-order valence-electron chi connectivity index (χ1n) is 11.4. The van der Waals surface area contributed by atoms with Gasteiger partial charge >= 0.3 is 0 Å². The van der Waals surface area contributed by atoms with Gasteiger partial charge in [-0.05, 0) is 37.5 Å². The molecule has 4 rings (SSSR count). The van der Waals surface area contributed by atoms with Crippen molar-refractivity contribution in [1.29, 1.82) is 0 Å². The van der Waals surface area contributed by atoms with Gasteiger partial charge in [0.1, 0.15) is 17.7 Å². The van der Waals surface area contributed by atoms with E-state index in [4.69, 9.17) is 0 Å². The molecule has 2 saturated heterocycles. The summed E-state index contributed by atoms with van der Waals surface area (Å²) in [6, 6.07) is 3.45. The number of rotatable bonds is 7. The Morgan fingerprint density at radius 3 is 2.55 bits per heavy atom. The van der Waals surface area contributed by atoms with E-state index >= 15 is 0 Å². The van der Waals surface area contributed by atoms with Gasteiger partial charge in [-0.1, -0.05) is 20.8 Å². The molecule has 2 aliphatic heterocycles. The van der Waals surface area contributed by atoms with Crippen molar-refractivity contribution in [3.05, 3.63) is 29.8 Å². The molecule has 11 heteroatoms. The SMILES string of the molecule is CCS(=O)(=O)c1ccc(NC2CCN(C3CCN(c4nc(C(C)C)ns4)CC3)C2=O)c(F)c1. The maximum absolute atomic E-state index is 14.5. The van der Waals surface area contributed by atoms with Gasteiger partial charge in [0.05, 0.1) is 16.3 Å². The molecular weight excluding hydrogens is 465 g/mol. The first kappa shape index (κ1) is 23.9. The van der Waals surface area contributed by atoms with E-state index in [1.807, 2.05) is 4.90 Å². The number of amides is 1. The van der Waals surface area contributed by atoms with E-state index in [1.165, 1.54) is 30.6 Å². The zero-order valence-electron chi connectivity index (χ0n) is 19.1. The molecular formula is C22H30FN5O3S2. The third kappa shape index (κ3) is 4.98. The number of piperidine rings is 1. The quantitative estimate of drug-likeness (QED) is 0.630. The third-order valence-electron chi connectivity index (χ3n) is 6.37. The van der Waals surface area contributed by atoms with Crippen LogP contribution >= 0.6 is 11.5 Å². The predicted molar refractivity (Wildman–Crippen MR) is 127 cm³/mol. The Morgan fingerprint density at radius 2 is 1.94 bits per heavy atom. The standard InChI is InChI=1S/C22H30FN5O3S2/c1-4-33(30,31)16-5-6-18(17(23)13-16)24-19-9-12-28(21(19)29)15-7-10-27(11-8-15)22-25-20(14(2)3)26-32-22/h5-6,13-15,19,24H,4,7-12H2,1-3H3. The van der Waals surface area contributed by atoms with E-state index in [2.05, 4.69) is 33.4 Å². The molecule has 0 spiro atoms. The van der Waals surface area contributed by atoms with Crippen LogP contribution in [0.1, 0.15) is 51.8 Å². The zero-order valence-corrected chi connectivity index (χ0v) is 20.8. The van der Waals surface area contributed by atoms with Crippen LogP contribution in [0.15, 0.2) is 23.1 Å². The Bertz CT molecular complexity index is 1110. The summed E-state index contributed by atoms with van der Waals surface area (Å²) in [7, 11) is -3.48. The molecule has 1 N–H and O–H groups in total. The lowest BCUT2D eigenvalue weighted by atomic mass is 10.0. The van der Waals surface area contributed by atoms with Crippen molar-refractivity contribution in [3.63, 3.8) is 0 Å². The summed E-state index contributed by atoms with van der Waals surface area (Å²) in [6.45, 7) is 7.94. The fraction of sp³-hybridized carbons (Fsp3) is 0.591. The Balaban J connectivity index is 1.35. The number of aromatic nitrogens is 2. The number of carbonyl (C=O) groups is 1. The zero-order chi connectivity index (χ0) is 23.8. The Morgan fingerprint density at radius 1 is 1.21 bits per heavy atom. The van der Waals surface area contributed by atoms with Crippen LogP contribution in [0.3, 0.4) is 0 Å². The summed E-state index contributed by atoms with van der Waals surface area (Å²) in [6.07, 6.45) is 2.29. The maximum Gasteiger partial charge on any atom is 0.245 e. The van der Waals surface area contributed by atoms with Crippen molar-refractivity contribution in [3.8, 4) is 0 Å². The van der Waals surface area contributed by atoms with Gasteiger partial charge in [0.2, 0.25) is 11.0 Å². The van der Waals surface area contributed by atoms with E-state index in [1.54, 1.807) is 0 Å². The number of anilines is 2. The van der Waals surface area contributed by atoms with Gasteiger partial charge < -0.3 is 15.1 Å². The minimum atomic E-state index is -3.48. The molecule has 0 bridgehead atoms. The number of carbonyl (C=O) groups excluding carboxylic acids is 1. The first-order valence-corrected chi connectivity index (χ1v) is 13.8. The number of nitrogens with one attached hydrogen (secondary N) is 1. The molecule has 1 atom stereocenters. The molecule has 0 radical (unpaired) electrons. The van der Waals surface area contributed by atoms with Crippen LogP contribution in [0.5, 0.6) is 0 Å². The number of hydrogen-bond donors (Lipinski definition) is 1. The van der Waals surface area contributed by atoms with Gasteiger partial charge in [-0.3, -0.25) is 4.79 Å². The van der Waals surface area contributed by atoms with Crippen molar-refractivity contribution in [2.24, 2.45) is 0 Å². The second kappa shape index (κ2) is 9.54. The van der Waals surface area contributed by atoms with Gasteiger partial charge in [-0.15, -0.1) is 0 Å². The van der Waals surface area contributed by atoms with E-state index in [-0.39, 0.29) is 28.3 Å².